The summed E-state index contributed by atoms with van der Waals surface area (Å²) in [5.41, 5.74) is 1.03. The van der Waals surface area contributed by atoms with E-state index in [1.807, 2.05) is 13.8 Å². The normalized spacial score (nSPS) is 12.7. The van der Waals surface area contributed by atoms with E-state index in [0.717, 1.165) is 27.7 Å². The number of aromatic nitrogens is 1. The maximum Gasteiger partial charge on any atom is 0.194 e. The molecule has 0 fully saturated rings. The molecule has 0 aliphatic rings. The van der Waals surface area contributed by atoms with Gasteiger partial charge < -0.3 is 10.4 Å². The van der Waals surface area contributed by atoms with Gasteiger partial charge in [0.05, 0.1) is 23.4 Å². The topological polar surface area (TPSA) is 45.2 Å². The number of aliphatic hydroxyl groups is 1. The molecule has 114 valence electrons. The first kappa shape index (κ1) is 15.9. The van der Waals surface area contributed by atoms with Crippen LogP contribution in [0.2, 0.25) is 0 Å². The predicted molar refractivity (Wildman–Crippen MR) is 74.6 cm³/mol. The van der Waals surface area contributed by atoms with Gasteiger partial charge in [0.25, 0.3) is 0 Å². The molecule has 0 amide bonds. The third-order valence-corrected chi connectivity index (χ3v) is 4.17. The van der Waals surface area contributed by atoms with E-state index in [9.17, 15) is 18.3 Å². The summed E-state index contributed by atoms with van der Waals surface area (Å²) in [4.78, 5) is 5.25. The molecular formula is C14H15F3N2OS. The number of nitrogens with one attached hydrogen (secondary N) is 1. The summed E-state index contributed by atoms with van der Waals surface area (Å²) in [7, 11) is 0. The molecule has 0 saturated carbocycles. The molecular weight excluding hydrogens is 301 g/mol. The van der Waals surface area contributed by atoms with Gasteiger partial charge in [-0.15, -0.1) is 11.3 Å². The average molecular weight is 316 g/mol. The predicted octanol–water partition coefficient (Wildman–Crippen LogP) is 3.00. The van der Waals surface area contributed by atoms with E-state index in [2.05, 4.69) is 10.3 Å². The molecule has 0 spiro atoms. The van der Waals surface area contributed by atoms with E-state index < -0.39 is 23.5 Å². The Bertz CT molecular complexity index is 622. The van der Waals surface area contributed by atoms with Gasteiger partial charge in [0.15, 0.2) is 17.5 Å². The fourth-order valence-corrected chi connectivity index (χ4v) is 2.91. The van der Waals surface area contributed by atoms with Gasteiger partial charge in [0.1, 0.15) is 0 Å². The van der Waals surface area contributed by atoms with Crippen LogP contribution >= 0.6 is 11.3 Å². The first-order valence-corrected chi connectivity index (χ1v) is 7.15. The van der Waals surface area contributed by atoms with Gasteiger partial charge in [0, 0.05) is 11.4 Å². The van der Waals surface area contributed by atoms with Crippen molar-refractivity contribution in [3.63, 3.8) is 0 Å². The summed E-state index contributed by atoms with van der Waals surface area (Å²) in [5.74, 6) is -4.05. The van der Waals surface area contributed by atoms with Crippen LogP contribution in [0.15, 0.2) is 12.1 Å². The van der Waals surface area contributed by atoms with E-state index in [0.29, 0.717) is 6.54 Å². The molecule has 1 aromatic carbocycles. The Balaban J connectivity index is 2.15. The summed E-state index contributed by atoms with van der Waals surface area (Å²) >= 11 is 1.51. The number of thiazole rings is 1. The Morgan fingerprint density at radius 3 is 2.33 bits per heavy atom. The Morgan fingerprint density at radius 1 is 1.24 bits per heavy atom. The lowest BCUT2D eigenvalue weighted by Gasteiger charge is -2.17. The van der Waals surface area contributed by atoms with Crippen LogP contribution in [-0.4, -0.2) is 16.7 Å². The molecule has 7 heteroatoms. The number of hydrogen-bond donors (Lipinski definition) is 2. The molecule has 1 unspecified atom stereocenters. The molecule has 0 radical (unpaired) electrons. The van der Waals surface area contributed by atoms with Crippen LogP contribution in [0.5, 0.6) is 0 Å². The van der Waals surface area contributed by atoms with Crippen molar-refractivity contribution >= 4 is 11.3 Å². The summed E-state index contributed by atoms with van der Waals surface area (Å²) in [6, 6.07) is 1.09. The van der Waals surface area contributed by atoms with Gasteiger partial charge in [-0.05, 0) is 31.5 Å². The lowest BCUT2D eigenvalue weighted by atomic mass is 10.1. The molecule has 2 rings (SSSR count). The van der Waals surface area contributed by atoms with Crippen molar-refractivity contribution in [1.82, 2.24) is 10.3 Å². The number of aryl methyl sites for hydroxylation is 2. The van der Waals surface area contributed by atoms with Crippen LogP contribution in [0.1, 0.15) is 27.2 Å². The van der Waals surface area contributed by atoms with E-state index in [-0.39, 0.29) is 12.2 Å². The third-order valence-electron chi connectivity index (χ3n) is 3.10. The highest BCUT2D eigenvalue weighted by Crippen LogP contribution is 2.21. The molecule has 0 aliphatic carbocycles. The fourth-order valence-electron chi connectivity index (χ4n) is 2.02. The minimum atomic E-state index is -1.51. The van der Waals surface area contributed by atoms with Crippen molar-refractivity contribution in [2.45, 2.75) is 26.4 Å². The molecule has 1 atom stereocenters. The smallest absolute Gasteiger partial charge is 0.194 e. The highest BCUT2D eigenvalue weighted by atomic mass is 32.1. The maximum absolute atomic E-state index is 13.2. The Labute approximate surface area is 124 Å². The van der Waals surface area contributed by atoms with Crippen LogP contribution < -0.4 is 5.32 Å². The van der Waals surface area contributed by atoms with Gasteiger partial charge in [-0.3, -0.25) is 0 Å². The highest BCUT2D eigenvalue weighted by molar-refractivity contribution is 7.11. The molecule has 1 aromatic heterocycles. The quantitative estimate of drug-likeness (QED) is 0.834. The second-order valence-electron chi connectivity index (χ2n) is 4.66. The van der Waals surface area contributed by atoms with Gasteiger partial charge in [-0.1, -0.05) is 0 Å². The van der Waals surface area contributed by atoms with Crippen molar-refractivity contribution in [3.8, 4) is 0 Å². The SMILES string of the molecule is Cc1nc(C)c(CNC(CO)c2cc(F)c(F)c(F)c2)s1. The van der Waals surface area contributed by atoms with Crippen LogP contribution in [-0.2, 0) is 6.54 Å². The molecule has 0 aliphatic heterocycles. The number of nitrogens with zero attached hydrogens (tertiary/aromatic N) is 1. The second kappa shape index (κ2) is 6.55. The van der Waals surface area contributed by atoms with Gasteiger partial charge >= 0.3 is 0 Å². The molecule has 3 nitrogen and oxygen atoms in total. The summed E-state index contributed by atoms with van der Waals surface area (Å²) in [6.45, 7) is 3.80. The number of aliphatic hydroxyl groups excluding tert-OH is 1. The lowest BCUT2D eigenvalue weighted by Crippen LogP contribution is -2.24. The molecule has 1 heterocycles. The molecule has 2 aromatic rings. The number of hydrogen-bond acceptors (Lipinski definition) is 4. The third kappa shape index (κ3) is 3.61. The second-order valence-corrected chi connectivity index (χ2v) is 5.94. The molecule has 0 saturated heterocycles. The highest BCUT2D eigenvalue weighted by Gasteiger charge is 2.17. The maximum atomic E-state index is 13.2. The zero-order valence-corrected chi connectivity index (χ0v) is 12.4. The Morgan fingerprint density at radius 2 is 1.86 bits per heavy atom. The number of halogens is 3. The Kier molecular flexibility index (Phi) is 4.97. The van der Waals surface area contributed by atoms with Crippen molar-refractivity contribution in [1.29, 1.82) is 0 Å². The lowest BCUT2D eigenvalue weighted by molar-refractivity contribution is 0.243. The van der Waals surface area contributed by atoms with Crippen molar-refractivity contribution < 1.29 is 18.3 Å². The van der Waals surface area contributed by atoms with Crippen LogP contribution in [0, 0.1) is 31.3 Å². The average Bonchev–Trinajstić information content (AvgIpc) is 2.75. The van der Waals surface area contributed by atoms with Crippen molar-refractivity contribution in [3.05, 3.63) is 50.7 Å². The molecule has 21 heavy (non-hydrogen) atoms. The van der Waals surface area contributed by atoms with Crippen LogP contribution in [0.3, 0.4) is 0 Å². The van der Waals surface area contributed by atoms with E-state index in [1.165, 1.54) is 11.3 Å². The summed E-state index contributed by atoms with van der Waals surface area (Å²) < 4.78 is 39.4. The number of rotatable bonds is 5. The van der Waals surface area contributed by atoms with E-state index >= 15 is 0 Å². The largest absolute Gasteiger partial charge is 0.394 e. The van der Waals surface area contributed by atoms with Crippen LogP contribution in [0.4, 0.5) is 13.2 Å². The molecule has 2 N–H and O–H groups in total. The van der Waals surface area contributed by atoms with Crippen LogP contribution in [0.25, 0.3) is 0 Å². The first-order valence-electron chi connectivity index (χ1n) is 6.34. The number of benzene rings is 1. The zero-order chi connectivity index (χ0) is 15.6. The monoisotopic (exact) mass is 316 g/mol. The van der Waals surface area contributed by atoms with Gasteiger partial charge in [0.2, 0.25) is 0 Å². The minimum Gasteiger partial charge on any atom is -0.394 e. The standard InChI is InChI=1S/C14H15F3N2OS/c1-7-13(21-8(2)19-7)5-18-12(6-20)9-3-10(15)14(17)11(16)4-9/h3-4,12,18,20H,5-6H2,1-2H3. The molecule has 0 bridgehead atoms. The van der Waals surface area contributed by atoms with Crippen molar-refractivity contribution in [2.75, 3.05) is 6.61 Å². The summed E-state index contributed by atoms with van der Waals surface area (Å²) in [5, 5.41) is 13.3. The first-order chi connectivity index (χ1) is 9.92. The van der Waals surface area contributed by atoms with Gasteiger partial charge in [-0.2, -0.15) is 0 Å². The van der Waals surface area contributed by atoms with E-state index in [4.69, 9.17) is 0 Å². The van der Waals surface area contributed by atoms with E-state index in [1.54, 1.807) is 0 Å². The Hall–Kier alpha value is -1.44. The van der Waals surface area contributed by atoms with Crippen molar-refractivity contribution in [2.24, 2.45) is 0 Å². The minimum absolute atomic E-state index is 0.160. The fraction of sp³-hybridized carbons (Fsp3) is 0.357. The zero-order valence-electron chi connectivity index (χ0n) is 11.6. The summed E-state index contributed by atoms with van der Waals surface area (Å²) in [6.07, 6.45) is 0. The van der Waals surface area contributed by atoms with Gasteiger partial charge in [-0.25, -0.2) is 18.2 Å².